The number of hydrogen-bond donors (Lipinski definition) is 1. The van der Waals surface area contributed by atoms with Crippen molar-refractivity contribution < 1.29 is 9.59 Å². The SMILES string of the molecule is O=C=O.SCCCc1ccc(-c2cccs2)s1. The van der Waals surface area contributed by atoms with Crippen molar-refractivity contribution >= 4 is 41.5 Å². The molecule has 0 spiro atoms. The standard InChI is InChI=1S/C11H12S3.CO2/c12-7-1-3-9-5-6-11(14-9)10-4-2-8-13-10;2-1-3/h2,4-6,8,12H,1,3,7H2;. The van der Waals surface area contributed by atoms with Gasteiger partial charge in [0.15, 0.2) is 0 Å². The molecule has 0 aliphatic heterocycles. The summed E-state index contributed by atoms with van der Waals surface area (Å²) in [6.07, 6.45) is 2.59. The van der Waals surface area contributed by atoms with Crippen LogP contribution in [0.2, 0.25) is 0 Å². The normalized spacial score (nSPS) is 9.24. The van der Waals surface area contributed by atoms with Gasteiger partial charge in [-0.3, -0.25) is 0 Å². The van der Waals surface area contributed by atoms with Crippen molar-refractivity contribution in [1.82, 2.24) is 0 Å². The molecular weight excluding hydrogens is 272 g/mol. The molecule has 0 unspecified atom stereocenters. The van der Waals surface area contributed by atoms with Gasteiger partial charge >= 0.3 is 6.15 Å². The van der Waals surface area contributed by atoms with Gasteiger partial charge < -0.3 is 0 Å². The molecule has 0 N–H and O–H groups in total. The average molecular weight is 284 g/mol. The van der Waals surface area contributed by atoms with Gasteiger partial charge in [-0.05, 0) is 42.2 Å². The fourth-order valence-electron chi connectivity index (χ4n) is 1.32. The molecule has 2 nitrogen and oxygen atoms in total. The predicted molar refractivity (Wildman–Crippen MR) is 74.8 cm³/mol. The summed E-state index contributed by atoms with van der Waals surface area (Å²) in [5.41, 5.74) is 0. The minimum atomic E-state index is 0.250. The third kappa shape index (κ3) is 4.88. The minimum Gasteiger partial charge on any atom is -0.186 e. The molecule has 17 heavy (non-hydrogen) atoms. The van der Waals surface area contributed by atoms with Gasteiger partial charge in [0, 0.05) is 14.6 Å². The quantitative estimate of drug-likeness (QED) is 0.868. The predicted octanol–water partition coefficient (Wildman–Crippen LogP) is 3.76. The van der Waals surface area contributed by atoms with Gasteiger partial charge in [0.05, 0.1) is 0 Å². The molecule has 2 rings (SSSR count). The van der Waals surface area contributed by atoms with Crippen molar-refractivity contribution in [2.45, 2.75) is 12.8 Å². The van der Waals surface area contributed by atoms with E-state index in [2.05, 4.69) is 42.3 Å². The molecule has 0 atom stereocenters. The molecule has 0 aromatic carbocycles. The number of thiophene rings is 2. The molecular formula is C12H12O2S3. The Hall–Kier alpha value is -0.870. The molecule has 2 aromatic rings. The van der Waals surface area contributed by atoms with E-state index in [0.29, 0.717) is 0 Å². The molecule has 0 saturated heterocycles. The maximum atomic E-state index is 8.12. The molecule has 2 heterocycles. The van der Waals surface area contributed by atoms with Gasteiger partial charge in [-0.25, -0.2) is 0 Å². The van der Waals surface area contributed by atoms with Crippen LogP contribution in [-0.4, -0.2) is 11.9 Å². The zero-order chi connectivity index (χ0) is 12.5. The first-order valence-corrected chi connectivity index (χ1v) is 7.37. The van der Waals surface area contributed by atoms with E-state index < -0.39 is 0 Å². The highest BCUT2D eigenvalue weighted by molar-refractivity contribution is 7.80. The lowest BCUT2D eigenvalue weighted by atomic mass is 10.3. The molecule has 0 saturated carbocycles. The lowest BCUT2D eigenvalue weighted by molar-refractivity contribution is -0.191. The van der Waals surface area contributed by atoms with Gasteiger partial charge in [-0.2, -0.15) is 22.2 Å². The summed E-state index contributed by atoms with van der Waals surface area (Å²) < 4.78 is 0. The third-order valence-electron chi connectivity index (χ3n) is 2.01. The highest BCUT2D eigenvalue weighted by Gasteiger charge is 2.02. The van der Waals surface area contributed by atoms with Crippen LogP contribution in [0.1, 0.15) is 11.3 Å². The molecule has 0 aliphatic carbocycles. The van der Waals surface area contributed by atoms with Crippen LogP contribution in [0.3, 0.4) is 0 Å². The van der Waals surface area contributed by atoms with E-state index in [9.17, 15) is 0 Å². The highest BCUT2D eigenvalue weighted by atomic mass is 32.1. The number of rotatable bonds is 4. The molecule has 0 radical (unpaired) electrons. The van der Waals surface area contributed by atoms with E-state index in [0.717, 1.165) is 5.75 Å². The smallest absolute Gasteiger partial charge is 0.186 e. The van der Waals surface area contributed by atoms with E-state index in [1.807, 2.05) is 22.7 Å². The van der Waals surface area contributed by atoms with Gasteiger partial charge in [0.25, 0.3) is 0 Å². The summed E-state index contributed by atoms with van der Waals surface area (Å²) in [4.78, 5) is 20.5. The highest BCUT2D eigenvalue weighted by Crippen LogP contribution is 2.31. The Morgan fingerprint density at radius 3 is 2.53 bits per heavy atom. The van der Waals surface area contributed by atoms with E-state index in [-0.39, 0.29) is 6.15 Å². The lowest BCUT2D eigenvalue weighted by Gasteiger charge is -1.92. The van der Waals surface area contributed by atoms with Crippen molar-refractivity contribution in [2.75, 3.05) is 5.75 Å². The van der Waals surface area contributed by atoms with E-state index in [4.69, 9.17) is 9.59 Å². The second-order valence-corrected chi connectivity index (χ2v) is 5.72. The Bertz CT molecular complexity index is 454. The first-order valence-electron chi connectivity index (χ1n) is 5.04. The Morgan fingerprint density at radius 1 is 1.18 bits per heavy atom. The molecule has 0 aliphatic rings. The van der Waals surface area contributed by atoms with E-state index in [1.54, 1.807) is 0 Å². The van der Waals surface area contributed by atoms with Crippen LogP contribution in [0.25, 0.3) is 9.75 Å². The summed E-state index contributed by atoms with van der Waals surface area (Å²) in [5.74, 6) is 0.978. The van der Waals surface area contributed by atoms with Crippen LogP contribution < -0.4 is 0 Å². The molecule has 0 bridgehead atoms. The fraction of sp³-hybridized carbons (Fsp3) is 0.250. The Kier molecular flexibility index (Phi) is 6.89. The summed E-state index contributed by atoms with van der Waals surface area (Å²) in [7, 11) is 0. The van der Waals surface area contributed by atoms with Gasteiger partial charge in [0.2, 0.25) is 0 Å². The number of hydrogen-bond acceptors (Lipinski definition) is 5. The Morgan fingerprint density at radius 2 is 1.94 bits per heavy atom. The summed E-state index contributed by atoms with van der Waals surface area (Å²) in [6, 6.07) is 8.75. The molecule has 90 valence electrons. The first-order chi connectivity index (χ1) is 8.31. The van der Waals surface area contributed by atoms with Gasteiger partial charge in [0.1, 0.15) is 0 Å². The van der Waals surface area contributed by atoms with Crippen LogP contribution in [0.15, 0.2) is 29.6 Å². The van der Waals surface area contributed by atoms with Crippen LogP contribution in [-0.2, 0) is 16.0 Å². The zero-order valence-corrected chi connectivity index (χ0v) is 11.6. The Balaban J connectivity index is 0.000000437. The minimum absolute atomic E-state index is 0.250. The number of aryl methyl sites for hydroxylation is 1. The number of thiol groups is 1. The van der Waals surface area contributed by atoms with Crippen molar-refractivity contribution in [2.24, 2.45) is 0 Å². The molecule has 2 aromatic heterocycles. The van der Waals surface area contributed by atoms with Crippen LogP contribution >= 0.6 is 35.3 Å². The molecule has 0 amide bonds. The van der Waals surface area contributed by atoms with Crippen molar-refractivity contribution in [3.8, 4) is 9.75 Å². The maximum absolute atomic E-state index is 8.12. The van der Waals surface area contributed by atoms with Crippen LogP contribution in [0, 0.1) is 0 Å². The lowest BCUT2D eigenvalue weighted by Crippen LogP contribution is -1.79. The average Bonchev–Trinajstić information content (AvgIpc) is 2.98. The second-order valence-electron chi connectivity index (χ2n) is 3.15. The second kappa shape index (κ2) is 8.25. The van der Waals surface area contributed by atoms with Crippen molar-refractivity contribution in [1.29, 1.82) is 0 Å². The summed E-state index contributed by atoms with van der Waals surface area (Å²) in [5, 5.41) is 2.13. The fourth-order valence-corrected chi connectivity index (χ4v) is 3.36. The van der Waals surface area contributed by atoms with Crippen molar-refractivity contribution in [3.05, 3.63) is 34.5 Å². The van der Waals surface area contributed by atoms with Crippen molar-refractivity contribution in [3.63, 3.8) is 0 Å². The summed E-state index contributed by atoms with van der Waals surface area (Å²) in [6.45, 7) is 0. The molecule has 5 heteroatoms. The molecule has 0 fully saturated rings. The largest absolute Gasteiger partial charge is 0.373 e. The topological polar surface area (TPSA) is 34.1 Å². The van der Waals surface area contributed by atoms with E-state index in [1.165, 1.54) is 27.5 Å². The van der Waals surface area contributed by atoms with Crippen LogP contribution in [0.5, 0.6) is 0 Å². The Labute approximate surface area is 114 Å². The zero-order valence-electron chi connectivity index (χ0n) is 9.09. The van der Waals surface area contributed by atoms with Gasteiger partial charge in [-0.1, -0.05) is 6.07 Å². The maximum Gasteiger partial charge on any atom is 0.373 e. The van der Waals surface area contributed by atoms with E-state index >= 15 is 0 Å². The third-order valence-corrected chi connectivity index (χ3v) is 4.53. The van der Waals surface area contributed by atoms with Gasteiger partial charge in [-0.15, -0.1) is 22.7 Å². The summed E-state index contributed by atoms with van der Waals surface area (Å²) >= 11 is 7.94. The first kappa shape index (κ1) is 14.2. The monoisotopic (exact) mass is 284 g/mol. The number of carbonyl (C=O) groups excluding carboxylic acids is 2. The van der Waals surface area contributed by atoms with Crippen LogP contribution in [0.4, 0.5) is 0 Å².